The number of rotatable bonds is 6. The minimum absolute atomic E-state index is 0.0383. The van der Waals surface area contributed by atoms with Gasteiger partial charge in [-0.2, -0.15) is 20.3 Å². The number of aromatic nitrogens is 4. The molecule has 47 heavy (non-hydrogen) atoms. The number of carbonyl (C=O) groups is 1. The number of piperazine rings is 1. The number of carbonyl (C=O) groups excluding carboxylic acids is 1. The molecule has 1 amide bonds. The van der Waals surface area contributed by atoms with Crippen LogP contribution in [0.2, 0.25) is 5.02 Å². The Kier molecular flexibility index (Phi) is 8.42. The van der Waals surface area contributed by atoms with Crippen molar-refractivity contribution in [1.82, 2.24) is 30.0 Å². The smallest absolute Gasteiger partial charge is 0.324 e. The van der Waals surface area contributed by atoms with Gasteiger partial charge >= 0.3 is 6.01 Å². The number of fused-ring (bicyclic) bond motifs is 3. The molecule has 5 heterocycles. The fraction of sp³-hybridized carbons (Fsp3) is 0.382. The average molecular weight is 656 g/mol. The van der Waals surface area contributed by atoms with Crippen molar-refractivity contribution in [3.8, 4) is 17.8 Å². The van der Waals surface area contributed by atoms with E-state index < -0.39 is 5.82 Å². The molecule has 4 aromatic rings. The number of hydrogen-bond acceptors (Lipinski definition) is 9. The van der Waals surface area contributed by atoms with Gasteiger partial charge in [-0.3, -0.25) is 9.89 Å². The molecule has 0 spiro atoms. The molecule has 1 N–H and O–H groups in total. The summed E-state index contributed by atoms with van der Waals surface area (Å²) in [5, 5.41) is 17.4. The highest BCUT2D eigenvalue weighted by atomic mass is 35.5. The van der Waals surface area contributed by atoms with E-state index in [1.165, 1.54) is 17.7 Å². The van der Waals surface area contributed by atoms with Crippen LogP contribution in [-0.2, 0) is 30.7 Å². The second kappa shape index (κ2) is 12.8. The van der Waals surface area contributed by atoms with Gasteiger partial charge in [0, 0.05) is 61.8 Å². The third-order valence-corrected chi connectivity index (χ3v) is 9.72. The third kappa shape index (κ3) is 5.85. The molecule has 3 aliphatic rings. The van der Waals surface area contributed by atoms with Crippen LogP contribution in [0.25, 0.3) is 10.9 Å². The highest BCUT2D eigenvalue weighted by molar-refractivity contribution is 6.35. The van der Waals surface area contributed by atoms with Gasteiger partial charge in [0.2, 0.25) is 5.91 Å². The summed E-state index contributed by atoms with van der Waals surface area (Å²) in [6.07, 6.45) is 5.41. The summed E-state index contributed by atoms with van der Waals surface area (Å²) in [7, 11) is 2.11. The van der Waals surface area contributed by atoms with Crippen LogP contribution in [0.3, 0.4) is 0 Å². The van der Waals surface area contributed by atoms with Crippen molar-refractivity contribution >= 4 is 39.9 Å². The van der Waals surface area contributed by atoms with Crippen LogP contribution in [0.1, 0.15) is 35.2 Å². The molecule has 1 saturated heterocycles. The SMILES string of the molecule is C=CC(=O)N1CCN(c2nc(Oc3cccc4c3CCN(C)C4)nc3c2CCCN(c2c(Cl)c(F)cc4[nH]ncc24)C3)C[C@@H]1CC#N. The van der Waals surface area contributed by atoms with Gasteiger partial charge in [-0.1, -0.05) is 30.3 Å². The Hall–Kier alpha value is -4.73. The number of anilines is 2. The predicted molar refractivity (Wildman–Crippen MR) is 177 cm³/mol. The van der Waals surface area contributed by atoms with Gasteiger partial charge in [0.15, 0.2) is 0 Å². The molecule has 242 valence electrons. The first-order valence-electron chi connectivity index (χ1n) is 15.8. The van der Waals surface area contributed by atoms with Gasteiger partial charge in [-0.25, -0.2) is 4.39 Å². The van der Waals surface area contributed by atoms with Crippen LogP contribution in [0.15, 0.2) is 43.1 Å². The van der Waals surface area contributed by atoms with Gasteiger partial charge < -0.3 is 24.3 Å². The molecule has 7 rings (SSSR count). The molecule has 0 aliphatic carbocycles. The monoisotopic (exact) mass is 655 g/mol. The lowest BCUT2D eigenvalue weighted by atomic mass is 9.99. The maximum atomic E-state index is 15.0. The number of halogens is 2. The molecular weight excluding hydrogens is 621 g/mol. The first kappa shape index (κ1) is 30.9. The van der Waals surface area contributed by atoms with Crippen molar-refractivity contribution in [2.24, 2.45) is 0 Å². The van der Waals surface area contributed by atoms with Crippen LogP contribution in [0.5, 0.6) is 11.8 Å². The third-order valence-electron chi connectivity index (χ3n) is 9.36. The maximum Gasteiger partial charge on any atom is 0.324 e. The number of nitrogens with zero attached hydrogens (tertiary/aromatic N) is 8. The van der Waals surface area contributed by atoms with E-state index in [1.54, 1.807) is 11.1 Å². The summed E-state index contributed by atoms with van der Waals surface area (Å²) in [6.45, 7) is 7.73. The van der Waals surface area contributed by atoms with Crippen LogP contribution in [0.4, 0.5) is 15.9 Å². The molecule has 2 aromatic carbocycles. The molecule has 13 heteroatoms. The van der Waals surface area contributed by atoms with E-state index in [0.717, 1.165) is 59.7 Å². The van der Waals surface area contributed by atoms with Crippen molar-refractivity contribution in [3.63, 3.8) is 0 Å². The van der Waals surface area contributed by atoms with E-state index in [1.807, 2.05) is 12.1 Å². The van der Waals surface area contributed by atoms with Gasteiger partial charge in [0.05, 0.1) is 48.2 Å². The number of aromatic amines is 1. The van der Waals surface area contributed by atoms with Crippen LogP contribution in [0, 0.1) is 17.1 Å². The summed E-state index contributed by atoms with van der Waals surface area (Å²) in [6, 6.07) is 9.56. The Bertz CT molecular complexity index is 1910. The van der Waals surface area contributed by atoms with E-state index in [9.17, 15) is 10.1 Å². The zero-order chi connectivity index (χ0) is 32.7. The number of amides is 1. The number of nitrogens with one attached hydrogen (secondary N) is 1. The quantitative estimate of drug-likeness (QED) is 0.287. The first-order valence-corrected chi connectivity index (χ1v) is 16.2. The fourth-order valence-electron chi connectivity index (χ4n) is 7.06. The Morgan fingerprint density at radius 3 is 2.89 bits per heavy atom. The van der Waals surface area contributed by atoms with Crippen LogP contribution < -0.4 is 14.5 Å². The minimum atomic E-state index is -0.523. The number of hydrogen-bond donors (Lipinski definition) is 1. The van der Waals surface area contributed by atoms with Gasteiger partial charge in [-0.05, 0) is 44.0 Å². The van der Waals surface area contributed by atoms with E-state index in [-0.39, 0.29) is 29.4 Å². The minimum Gasteiger partial charge on any atom is -0.424 e. The van der Waals surface area contributed by atoms with Crippen molar-refractivity contribution in [2.75, 3.05) is 49.6 Å². The number of H-pyrrole nitrogens is 1. The molecule has 3 aliphatic heterocycles. The largest absolute Gasteiger partial charge is 0.424 e. The second-order valence-electron chi connectivity index (χ2n) is 12.3. The molecule has 0 unspecified atom stereocenters. The van der Waals surface area contributed by atoms with Gasteiger partial charge in [-0.15, -0.1) is 0 Å². The van der Waals surface area contributed by atoms with Crippen LogP contribution in [-0.4, -0.2) is 81.7 Å². The number of likely N-dealkylation sites (N-methyl/N-ethyl adjacent to an activating group) is 1. The molecular formula is C34H35ClFN9O2. The van der Waals surface area contributed by atoms with Crippen molar-refractivity contribution < 1.29 is 13.9 Å². The summed E-state index contributed by atoms with van der Waals surface area (Å²) in [5.41, 5.74) is 5.21. The zero-order valence-electron chi connectivity index (χ0n) is 26.2. The van der Waals surface area contributed by atoms with E-state index in [4.69, 9.17) is 26.3 Å². The lowest BCUT2D eigenvalue weighted by Crippen LogP contribution is -2.55. The molecule has 0 bridgehead atoms. The van der Waals surface area contributed by atoms with Crippen molar-refractivity contribution in [2.45, 2.75) is 44.8 Å². The van der Waals surface area contributed by atoms with E-state index in [0.29, 0.717) is 50.3 Å². The van der Waals surface area contributed by atoms with Gasteiger partial charge in [0.1, 0.15) is 22.4 Å². The Morgan fingerprint density at radius 1 is 1.19 bits per heavy atom. The topological polar surface area (TPSA) is 118 Å². The molecule has 1 fully saturated rings. The van der Waals surface area contributed by atoms with Gasteiger partial charge in [0.25, 0.3) is 0 Å². The molecule has 2 aromatic heterocycles. The average Bonchev–Trinajstić information content (AvgIpc) is 3.42. The number of ether oxygens (including phenoxy) is 1. The molecule has 0 saturated carbocycles. The molecule has 11 nitrogen and oxygen atoms in total. The fourth-order valence-corrected chi connectivity index (χ4v) is 7.33. The summed E-state index contributed by atoms with van der Waals surface area (Å²) in [4.78, 5) is 30.8. The normalized spacial score (nSPS) is 18.3. The lowest BCUT2D eigenvalue weighted by molar-refractivity contribution is -0.128. The van der Waals surface area contributed by atoms with E-state index >= 15 is 4.39 Å². The summed E-state index contributed by atoms with van der Waals surface area (Å²) >= 11 is 6.62. The first-order chi connectivity index (χ1) is 22.8. The molecule has 0 radical (unpaired) electrons. The van der Waals surface area contributed by atoms with Crippen molar-refractivity contribution in [1.29, 1.82) is 5.26 Å². The Balaban J connectivity index is 1.31. The van der Waals surface area contributed by atoms with Crippen LogP contribution >= 0.6 is 11.6 Å². The number of benzene rings is 2. The molecule has 1 atom stereocenters. The highest BCUT2D eigenvalue weighted by Crippen LogP contribution is 2.40. The standard InChI is InChI=1S/C34H35ClFN9O2/c1-3-30(46)45-15-14-44(19-22(45)9-11-37)33-24-7-5-12-43(32-25-17-38-41-27(25)16-26(36)31(32)35)20-28(24)39-34(40-33)47-29-8-4-6-21-18-42(2)13-10-23(21)29/h3-4,6,8,16-17,22H,1,5,7,9-10,12-15,18-20H2,2H3,(H,38,41)/t22-/m0/s1. The summed E-state index contributed by atoms with van der Waals surface area (Å²) in [5.74, 6) is 0.737. The zero-order valence-corrected chi connectivity index (χ0v) is 26.9. The second-order valence-corrected chi connectivity index (χ2v) is 12.7. The highest BCUT2D eigenvalue weighted by Gasteiger charge is 2.33. The predicted octanol–water partition coefficient (Wildman–Crippen LogP) is 5.00. The maximum absolute atomic E-state index is 15.0. The van der Waals surface area contributed by atoms with E-state index in [2.05, 4.69) is 50.7 Å². The lowest BCUT2D eigenvalue weighted by Gasteiger charge is -2.41. The Morgan fingerprint density at radius 2 is 2.06 bits per heavy atom. The summed E-state index contributed by atoms with van der Waals surface area (Å²) < 4.78 is 21.5. The Labute approximate surface area is 277 Å². The van der Waals surface area contributed by atoms with Crippen molar-refractivity contribution in [3.05, 3.63) is 76.3 Å². The number of nitriles is 1.